The van der Waals surface area contributed by atoms with E-state index in [1.807, 2.05) is 6.92 Å². The molecule has 0 aliphatic heterocycles. The zero-order valence-corrected chi connectivity index (χ0v) is 7.06. The lowest BCUT2D eigenvalue weighted by molar-refractivity contribution is 0.138. The van der Waals surface area contributed by atoms with Crippen molar-refractivity contribution in [2.45, 2.75) is 13.5 Å². The van der Waals surface area contributed by atoms with Gasteiger partial charge in [-0.2, -0.15) is 0 Å². The molecule has 4 nitrogen and oxygen atoms in total. The van der Waals surface area contributed by atoms with Crippen molar-refractivity contribution in [1.29, 1.82) is 0 Å². The summed E-state index contributed by atoms with van der Waals surface area (Å²) in [6, 6.07) is 1.73. The largest absolute Gasteiger partial charge is 0.380 e. The van der Waals surface area contributed by atoms with Crippen LogP contribution in [0, 0.1) is 0 Å². The molecule has 1 aromatic rings. The number of ether oxygens (including phenoxy) is 1. The van der Waals surface area contributed by atoms with Crippen LogP contribution in [0.5, 0.6) is 0 Å². The van der Waals surface area contributed by atoms with Crippen molar-refractivity contribution in [1.82, 2.24) is 9.55 Å². The molecule has 0 bridgehead atoms. The average molecular weight is 168 g/mol. The van der Waals surface area contributed by atoms with E-state index in [9.17, 15) is 4.79 Å². The van der Waals surface area contributed by atoms with E-state index in [0.717, 1.165) is 0 Å². The highest BCUT2D eigenvalue weighted by Gasteiger charge is 1.92. The lowest BCUT2D eigenvalue weighted by Gasteiger charge is -2.02. The summed E-state index contributed by atoms with van der Waals surface area (Å²) < 4.78 is 6.63. The van der Waals surface area contributed by atoms with E-state index < -0.39 is 0 Å². The molecule has 66 valence electrons. The highest BCUT2D eigenvalue weighted by atomic mass is 16.5. The van der Waals surface area contributed by atoms with Gasteiger partial charge in [0.2, 0.25) is 0 Å². The lowest BCUT2D eigenvalue weighted by Crippen LogP contribution is -2.23. The highest BCUT2D eigenvalue weighted by Crippen LogP contribution is 1.81. The highest BCUT2D eigenvalue weighted by molar-refractivity contribution is 4.80. The Kier molecular flexibility index (Phi) is 3.47. The van der Waals surface area contributed by atoms with Crippen molar-refractivity contribution in [2.75, 3.05) is 13.2 Å². The van der Waals surface area contributed by atoms with Gasteiger partial charge in [0.15, 0.2) is 0 Å². The minimum Gasteiger partial charge on any atom is -0.380 e. The molecule has 0 amide bonds. The second-order valence-electron chi connectivity index (χ2n) is 2.29. The Balaban J connectivity index is 2.52. The van der Waals surface area contributed by atoms with E-state index in [0.29, 0.717) is 19.8 Å². The van der Waals surface area contributed by atoms with Gasteiger partial charge < -0.3 is 4.74 Å². The van der Waals surface area contributed by atoms with Crippen molar-refractivity contribution in [3.8, 4) is 0 Å². The molecule has 1 heterocycles. The minimum atomic E-state index is -0.225. The van der Waals surface area contributed by atoms with E-state index in [1.54, 1.807) is 12.3 Å². The summed E-state index contributed by atoms with van der Waals surface area (Å²) >= 11 is 0. The summed E-state index contributed by atoms with van der Waals surface area (Å²) in [5.74, 6) is 0. The van der Waals surface area contributed by atoms with Crippen molar-refractivity contribution < 1.29 is 4.74 Å². The fourth-order valence-electron chi connectivity index (χ4n) is 0.865. The van der Waals surface area contributed by atoms with Crippen LogP contribution in [0.1, 0.15) is 6.92 Å². The molecule has 12 heavy (non-hydrogen) atoms. The molecule has 0 spiro atoms. The second kappa shape index (κ2) is 4.66. The Morgan fingerprint density at radius 3 is 3.17 bits per heavy atom. The molecule has 0 saturated carbocycles. The van der Waals surface area contributed by atoms with Gasteiger partial charge in [0.05, 0.1) is 13.2 Å². The van der Waals surface area contributed by atoms with Crippen LogP contribution >= 0.6 is 0 Å². The van der Waals surface area contributed by atoms with Gasteiger partial charge in [0.1, 0.15) is 0 Å². The Hall–Kier alpha value is -1.16. The van der Waals surface area contributed by atoms with Crippen LogP contribution in [0.2, 0.25) is 0 Å². The quantitative estimate of drug-likeness (QED) is 0.606. The van der Waals surface area contributed by atoms with E-state index in [4.69, 9.17) is 4.74 Å². The summed E-state index contributed by atoms with van der Waals surface area (Å²) in [6.45, 7) is 3.73. The van der Waals surface area contributed by atoms with Gasteiger partial charge in [-0.15, -0.1) is 0 Å². The zero-order chi connectivity index (χ0) is 8.81. The first-order valence-corrected chi connectivity index (χ1v) is 3.94. The molecule has 0 aromatic carbocycles. The summed E-state index contributed by atoms with van der Waals surface area (Å²) in [5.41, 5.74) is -0.225. The predicted molar refractivity (Wildman–Crippen MR) is 45.0 cm³/mol. The molecule has 0 aliphatic rings. The second-order valence-corrected chi connectivity index (χ2v) is 2.29. The summed E-state index contributed by atoms with van der Waals surface area (Å²) in [6.07, 6.45) is 3.19. The van der Waals surface area contributed by atoms with Crippen molar-refractivity contribution in [3.63, 3.8) is 0 Å². The molecule has 1 rings (SSSR count). The van der Waals surface area contributed by atoms with E-state index in [1.165, 1.54) is 10.8 Å². The number of rotatable bonds is 4. The molecule has 0 aliphatic carbocycles. The molecule has 0 saturated heterocycles. The number of hydrogen-bond donors (Lipinski definition) is 0. The number of aromatic nitrogens is 2. The number of nitrogens with zero attached hydrogens (tertiary/aromatic N) is 2. The van der Waals surface area contributed by atoms with Crippen molar-refractivity contribution in [2.24, 2.45) is 0 Å². The van der Waals surface area contributed by atoms with E-state index >= 15 is 0 Å². The van der Waals surface area contributed by atoms with Crippen LogP contribution in [0.25, 0.3) is 0 Å². The topological polar surface area (TPSA) is 44.1 Å². The Bertz CT molecular complexity index is 282. The smallest absolute Gasteiger partial charge is 0.347 e. The van der Waals surface area contributed by atoms with Gasteiger partial charge in [-0.3, -0.25) is 4.57 Å². The molecule has 0 N–H and O–H groups in total. The third-order valence-electron chi connectivity index (χ3n) is 1.46. The first-order chi connectivity index (χ1) is 5.84. The molecule has 1 aromatic heterocycles. The van der Waals surface area contributed by atoms with E-state index in [2.05, 4.69) is 4.98 Å². The number of hydrogen-bond acceptors (Lipinski definition) is 3. The molecular formula is C8H12N2O2. The molecule has 0 fully saturated rings. The minimum absolute atomic E-state index is 0.225. The van der Waals surface area contributed by atoms with Gasteiger partial charge in [-0.05, 0) is 13.0 Å². The van der Waals surface area contributed by atoms with Crippen molar-refractivity contribution in [3.05, 3.63) is 28.9 Å². The third-order valence-corrected chi connectivity index (χ3v) is 1.46. The third kappa shape index (κ3) is 2.47. The monoisotopic (exact) mass is 168 g/mol. The van der Waals surface area contributed by atoms with Crippen LogP contribution in [-0.2, 0) is 11.3 Å². The van der Waals surface area contributed by atoms with Gasteiger partial charge >= 0.3 is 5.69 Å². The molecule has 0 unspecified atom stereocenters. The summed E-state index contributed by atoms with van der Waals surface area (Å²) in [4.78, 5) is 14.6. The summed E-state index contributed by atoms with van der Waals surface area (Å²) in [5, 5.41) is 0. The standard InChI is InChI=1S/C8H12N2O2/c1-2-12-7-6-10-5-3-4-9-8(10)11/h3-5H,2,6-7H2,1H3. The van der Waals surface area contributed by atoms with E-state index in [-0.39, 0.29) is 5.69 Å². The predicted octanol–water partition coefficient (Wildman–Crippen LogP) is 0.280. The van der Waals surface area contributed by atoms with Crippen LogP contribution in [0.3, 0.4) is 0 Å². The summed E-state index contributed by atoms with van der Waals surface area (Å²) in [7, 11) is 0. The SMILES string of the molecule is CCOCCn1cccnc1=O. The van der Waals surface area contributed by atoms with Crippen LogP contribution < -0.4 is 5.69 Å². The molecule has 0 radical (unpaired) electrons. The Morgan fingerprint density at radius 2 is 2.50 bits per heavy atom. The fraction of sp³-hybridized carbons (Fsp3) is 0.500. The van der Waals surface area contributed by atoms with Gasteiger partial charge in [-0.25, -0.2) is 9.78 Å². The first-order valence-electron chi connectivity index (χ1n) is 3.94. The Labute approximate surface area is 70.8 Å². The maximum atomic E-state index is 11.0. The zero-order valence-electron chi connectivity index (χ0n) is 7.06. The molecule has 0 atom stereocenters. The first kappa shape index (κ1) is 8.93. The Morgan fingerprint density at radius 1 is 1.67 bits per heavy atom. The van der Waals surface area contributed by atoms with Crippen LogP contribution in [0.15, 0.2) is 23.3 Å². The van der Waals surface area contributed by atoms with Gasteiger partial charge in [0, 0.05) is 19.0 Å². The van der Waals surface area contributed by atoms with Crippen LogP contribution in [0.4, 0.5) is 0 Å². The van der Waals surface area contributed by atoms with Gasteiger partial charge in [0.25, 0.3) is 0 Å². The fourth-order valence-corrected chi connectivity index (χ4v) is 0.865. The molecule has 4 heteroatoms. The maximum absolute atomic E-state index is 11.0. The average Bonchev–Trinajstić information content (AvgIpc) is 2.09. The van der Waals surface area contributed by atoms with Crippen molar-refractivity contribution >= 4 is 0 Å². The maximum Gasteiger partial charge on any atom is 0.347 e. The van der Waals surface area contributed by atoms with Gasteiger partial charge in [-0.1, -0.05) is 0 Å². The normalized spacial score (nSPS) is 10.1. The lowest BCUT2D eigenvalue weighted by atomic mass is 10.6. The molecular weight excluding hydrogens is 156 g/mol. The van der Waals surface area contributed by atoms with Crippen LogP contribution in [-0.4, -0.2) is 22.8 Å².